The Labute approximate surface area is 72.8 Å². The van der Waals surface area contributed by atoms with E-state index in [9.17, 15) is 0 Å². The van der Waals surface area contributed by atoms with Crippen molar-refractivity contribution >= 4 is 5.69 Å². The first kappa shape index (κ1) is 7.62. The van der Waals surface area contributed by atoms with Gasteiger partial charge in [0.1, 0.15) is 0 Å². The highest BCUT2D eigenvalue weighted by atomic mass is 14.8. The van der Waals surface area contributed by atoms with Crippen molar-refractivity contribution in [3.05, 3.63) is 29.3 Å². The molecule has 1 aliphatic rings. The number of hydrogen-bond acceptors (Lipinski definition) is 2. The van der Waals surface area contributed by atoms with Crippen molar-refractivity contribution in [2.75, 3.05) is 12.4 Å². The summed E-state index contributed by atoms with van der Waals surface area (Å²) in [4.78, 5) is 0. The highest BCUT2D eigenvalue weighted by molar-refractivity contribution is 5.50. The predicted molar refractivity (Wildman–Crippen MR) is 51.2 cm³/mol. The van der Waals surface area contributed by atoms with Crippen LogP contribution in [0.4, 0.5) is 5.69 Å². The highest BCUT2D eigenvalue weighted by Crippen LogP contribution is 2.30. The van der Waals surface area contributed by atoms with Gasteiger partial charge in [-0.1, -0.05) is 6.07 Å². The van der Waals surface area contributed by atoms with Gasteiger partial charge in [0, 0.05) is 18.8 Å². The number of fused-ring (bicyclic) bond motifs is 1. The lowest BCUT2D eigenvalue weighted by atomic mass is 10.1. The number of aryl methyl sites for hydroxylation is 1. The van der Waals surface area contributed by atoms with Crippen LogP contribution in [0.5, 0.6) is 0 Å². The van der Waals surface area contributed by atoms with Gasteiger partial charge in [-0.25, -0.2) is 0 Å². The maximum absolute atomic E-state index is 5.92. The third-order valence-corrected chi connectivity index (χ3v) is 2.56. The van der Waals surface area contributed by atoms with Crippen molar-refractivity contribution in [1.82, 2.24) is 0 Å². The van der Waals surface area contributed by atoms with E-state index in [4.69, 9.17) is 5.73 Å². The first-order chi connectivity index (χ1) is 5.81. The topological polar surface area (TPSA) is 38.0 Å². The molecular formula is C10H14N2. The van der Waals surface area contributed by atoms with Gasteiger partial charge < -0.3 is 11.1 Å². The van der Waals surface area contributed by atoms with Gasteiger partial charge in [0.2, 0.25) is 0 Å². The van der Waals surface area contributed by atoms with E-state index in [2.05, 4.69) is 23.5 Å². The standard InChI is InChI=1S/C10H14N2/c1-12-8-3-4-9-7(6-8)2-5-10(9)11/h3-4,6,10,12H,2,5,11H2,1H3/t10-/m0/s1. The minimum atomic E-state index is 0.269. The zero-order valence-corrected chi connectivity index (χ0v) is 7.30. The zero-order valence-electron chi connectivity index (χ0n) is 7.30. The maximum atomic E-state index is 5.92. The summed E-state index contributed by atoms with van der Waals surface area (Å²) in [6, 6.07) is 6.69. The predicted octanol–water partition coefficient (Wildman–Crippen LogP) is 1.67. The van der Waals surface area contributed by atoms with Gasteiger partial charge in [0.05, 0.1) is 0 Å². The molecule has 0 aromatic heterocycles. The van der Waals surface area contributed by atoms with Crippen molar-refractivity contribution in [2.45, 2.75) is 18.9 Å². The van der Waals surface area contributed by atoms with Crippen molar-refractivity contribution in [3.8, 4) is 0 Å². The van der Waals surface area contributed by atoms with Gasteiger partial charge in [0.25, 0.3) is 0 Å². The van der Waals surface area contributed by atoms with Crippen molar-refractivity contribution in [2.24, 2.45) is 5.73 Å². The number of nitrogens with one attached hydrogen (secondary N) is 1. The molecule has 1 atom stereocenters. The molecule has 0 aliphatic heterocycles. The molecule has 0 fully saturated rings. The molecule has 1 aliphatic carbocycles. The summed E-state index contributed by atoms with van der Waals surface area (Å²) in [5, 5.41) is 3.13. The normalized spacial score (nSPS) is 20.7. The van der Waals surface area contributed by atoms with Crippen LogP contribution in [-0.4, -0.2) is 7.05 Å². The van der Waals surface area contributed by atoms with Crippen LogP contribution in [0.25, 0.3) is 0 Å². The average molecular weight is 162 g/mol. The van der Waals surface area contributed by atoms with Crippen molar-refractivity contribution < 1.29 is 0 Å². The Bertz CT molecular complexity index is 294. The number of nitrogens with two attached hydrogens (primary N) is 1. The van der Waals surface area contributed by atoms with Crippen LogP contribution in [-0.2, 0) is 6.42 Å². The summed E-state index contributed by atoms with van der Waals surface area (Å²) in [5.41, 5.74) is 9.84. The number of rotatable bonds is 1. The monoisotopic (exact) mass is 162 g/mol. The molecule has 0 spiro atoms. The molecule has 2 nitrogen and oxygen atoms in total. The molecule has 1 aromatic carbocycles. The Kier molecular flexibility index (Phi) is 1.77. The third-order valence-electron chi connectivity index (χ3n) is 2.56. The molecule has 0 unspecified atom stereocenters. The first-order valence-electron chi connectivity index (χ1n) is 4.37. The Morgan fingerprint density at radius 1 is 1.50 bits per heavy atom. The molecule has 0 amide bonds. The molecule has 0 radical (unpaired) electrons. The van der Waals surface area contributed by atoms with Gasteiger partial charge in [-0.05, 0) is 36.1 Å². The van der Waals surface area contributed by atoms with E-state index in [1.165, 1.54) is 16.8 Å². The molecule has 3 N–H and O–H groups in total. The van der Waals surface area contributed by atoms with E-state index in [0.717, 1.165) is 12.8 Å². The molecule has 64 valence electrons. The van der Waals surface area contributed by atoms with E-state index in [1.54, 1.807) is 0 Å². The summed E-state index contributed by atoms with van der Waals surface area (Å²) >= 11 is 0. The minimum absolute atomic E-state index is 0.269. The smallest absolute Gasteiger partial charge is 0.0340 e. The lowest BCUT2D eigenvalue weighted by molar-refractivity contribution is 0.713. The molecule has 0 bridgehead atoms. The van der Waals surface area contributed by atoms with Crippen LogP contribution in [0.1, 0.15) is 23.6 Å². The summed E-state index contributed by atoms with van der Waals surface area (Å²) in [6.07, 6.45) is 2.23. The van der Waals surface area contributed by atoms with Gasteiger partial charge in [-0.15, -0.1) is 0 Å². The van der Waals surface area contributed by atoms with Crippen molar-refractivity contribution in [1.29, 1.82) is 0 Å². The fourth-order valence-corrected chi connectivity index (χ4v) is 1.81. The third kappa shape index (κ3) is 1.08. The number of anilines is 1. The van der Waals surface area contributed by atoms with Crippen LogP contribution < -0.4 is 11.1 Å². The van der Waals surface area contributed by atoms with E-state index >= 15 is 0 Å². The van der Waals surface area contributed by atoms with E-state index in [-0.39, 0.29) is 6.04 Å². The first-order valence-corrected chi connectivity index (χ1v) is 4.37. The number of benzene rings is 1. The van der Waals surface area contributed by atoms with Gasteiger partial charge in [-0.3, -0.25) is 0 Å². The second-order valence-electron chi connectivity index (χ2n) is 3.31. The molecule has 0 heterocycles. The summed E-state index contributed by atoms with van der Waals surface area (Å²) in [6.45, 7) is 0. The molecule has 0 saturated heterocycles. The second-order valence-corrected chi connectivity index (χ2v) is 3.31. The summed E-state index contributed by atoms with van der Waals surface area (Å²) in [7, 11) is 1.94. The van der Waals surface area contributed by atoms with E-state index in [0.29, 0.717) is 0 Å². The van der Waals surface area contributed by atoms with E-state index < -0.39 is 0 Å². The zero-order chi connectivity index (χ0) is 8.55. The quantitative estimate of drug-likeness (QED) is 0.659. The molecular weight excluding hydrogens is 148 g/mol. The number of hydrogen-bond donors (Lipinski definition) is 2. The fraction of sp³-hybridized carbons (Fsp3) is 0.400. The van der Waals surface area contributed by atoms with Crippen LogP contribution in [0.2, 0.25) is 0 Å². The molecule has 2 rings (SSSR count). The molecule has 0 saturated carbocycles. The van der Waals surface area contributed by atoms with Crippen LogP contribution >= 0.6 is 0 Å². The summed E-state index contributed by atoms with van der Waals surface area (Å²) < 4.78 is 0. The lowest BCUT2D eigenvalue weighted by Gasteiger charge is -2.06. The Hall–Kier alpha value is -1.02. The summed E-state index contributed by atoms with van der Waals surface area (Å²) in [5.74, 6) is 0. The Balaban J connectivity index is 2.41. The second kappa shape index (κ2) is 2.79. The van der Waals surface area contributed by atoms with Crippen LogP contribution in [0, 0.1) is 0 Å². The lowest BCUT2D eigenvalue weighted by Crippen LogP contribution is -2.04. The van der Waals surface area contributed by atoms with E-state index in [1.807, 2.05) is 7.05 Å². The average Bonchev–Trinajstić information content (AvgIpc) is 2.47. The SMILES string of the molecule is CNc1ccc2c(c1)CC[C@@H]2N. The fourth-order valence-electron chi connectivity index (χ4n) is 1.81. The molecule has 2 heteroatoms. The Morgan fingerprint density at radius 3 is 3.08 bits per heavy atom. The maximum Gasteiger partial charge on any atom is 0.0340 e. The van der Waals surface area contributed by atoms with Crippen LogP contribution in [0.15, 0.2) is 18.2 Å². The minimum Gasteiger partial charge on any atom is -0.388 e. The van der Waals surface area contributed by atoms with Crippen LogP contribution in [0.3, 0.4) is 0 Å². The van der Waals surface area contributed by atoms with Crippen molar-refractivity contribution in [3.63, 3.8) is 0 Å². The molecule has 1 aromatic rings. The van der Waals surface area contributed by atoms with Gasteiger partial charge in [-0.2, -0.15) is 0 Å². The van der Waals surface area contributed by atoms with Gasteiger partial charge in [0.15, 0.2) is 0 Å². The van der Waals surface area contributed by atoms with Gasteiger partial charge >= 0.3 is 0 Å². The largest absolute Gasteiger partial charge is 0.388 e. The Morgan fingerprint density at radius 2 is 2.33 bits per heavy atom. The molecule has 12 heavy (non-hydrogen) atoms. The highest BCUT2D eigenvalue weighted by Gasteiger charge is 2.18.